The molecule has 0 fully saturated rings. The molecule has 3 atom stereocenters. The summed E-state index contributed by atoms with van der Waals surface area (Å²) in [7, 11) is 0. The molecule has 3 unspecified atom stereocenters. The summed E-state index contributed by atoms with van der Waals surface area (Å²) in [4.78, 5) is 0. The molecule has 92 valence electrons. The van der Waals surface area contributed by atoms with E-state index in [0.29, 0.717) is 0 Å². The highest BCUT2D eigenvalue weighted by Crippen LogP contribution is 2.23. The number of halogens is 1. The van der Waals surface area contributed by atoms with E-state index in [-0.39, 0.29) is 5.56 Å². The molecule has 0 aromatic heterocycles. The summed E-state index contributed by atoms with van der Waals surface area (Å²) in [5, 5.41) is 18.3. The number of nitrogens with zero attached hydrogens (tertiary/aromatic N) is 1. The zero-order valence-electron chi connectivity index (χ0n) is 10.1. The van der Waals surface area contributed by atoms with Gasteiger partial charge in [0, 0.05) is 5.56 Å². The Hall–Kier alpha value is -1.44. The summed E-state index contributed by atoms with van der Waals surface area (Å²) in [5.41, 5.74) is 1.06. The second kappa shape index (κ2) is 5.76. The smallest absolute Gasteiger partial charge is 0.172 e. The molecule has 0 bridgehead atoms. The van der Waals surface area contributed by atoms with Gasteiger partial charge >= 0.3 is 0 Å². The summed E-state index contributed by atoms with van der Waals surface area (Å²) >= 11 is 0. The molecule has 0 heterocycles. The van der Waals surface area contributed by atoms with Gasteiger partial charge in [-0.15, -0.1) is 0 Å². The zero-order chi connectivity index (χ0) is 13.0. The van der Waals surface area contributed by atoms with E-state index in [1.165, 1.54) is 6.07 Å². The summed E-state index contributed by atoms with van der Waals surface area (Å²) in [6.45, 7) is 5.02. The number of nitriles is 1. The Morgan fingerprint density at radius 1 is 1.41 bits per heavy atom. The first-order chi connectivity index (χ1) is 7.95. The predicted molar refractivity (Wildman–Crippen MR) is 61.7 cm³/mol. The van der Waals surface area contributed by atoms with Crippen molar-refractivity contribution in [2.75, 3.05) is 0 Å². The van der Waals surface area contributed by atoms with Crippen LogP contribution < -0.4 is 0 Å². The molecule has 0 aliphatic heterocycles. The highest BCUT2D eigenvalue weighted by Gasteiger charge is 2.21. The average molecular weight is 237 g/mol. The van der Waals surface area contributed by atoms with E-state index >= 15 is 0 Å². The van der Waals surface area contributed by atoms with Gasteiger partial charge in [-0.25, -0.2) is 4.39 Å². The maximum atomic E-state index is 13.6. The highest BCUT2D eigenvalue weighted by atomic mass is 19.1. The topological polar surface area (TPSA) is 53.2 Å². The van der Waals surface area contributed by atoms with Crippen LogP contribution in [0, 0.1) is 24.1 Å². The van der Waals surface area contributed by atoms with E-state index in [4.69, 9.17) is 10.00 Å². The van der Waals surface area contributed by atoms with E-state index in [2.05, 4.69) is 0 Å². The minimum atomic E-state index is -1.00. The molecule has 0 aliphatic carbocycles. The van der Waals surface area contributed by atoms with E-state index in [0.717, 1.165) is 5.56 Å². The van der Waals surface area contributed by atoms with Crippen LogP contribution in [0.1, 0.15) is 31.1 Å². The van der Waals surface area contributed by atoms with Crippen LogP contribution in [-0.2, 0) is 4.74 Å². The summed E-state index contributed by atoms with van der Waals surface area (Å²) < 4.78 is 18.9. The summed E-state index contributed by atoms with van der Waals surface area (Å²) in [6.07, 6.45) is -2.24. The Morgan fingerprint density at radius 2 is 2.06 bits per heavy atom. The number of rotatable bonds is 4. The lowest BCUT2D eigenvalue weighted by molar-refractivity contribution is -0.0435. The molecule has 0 radical (unpaired) electrons. The molecule has 1 aromatic carbocycles. The Kier molecular flexibility index (Phi) is 4.62. The molecule has 1 rings (SSSR count). The van der Waals surface area contributed by atoms with Crippen molar-refractivity contribution in [3.8, 4) is 6.07 Å². The van der Waals surface area contributed by atoms with Gasteiger partial charge in [0.1, 0.15) is 5.82 Å². The van der Waals surface area contributed by atoms with Crippen molar-refractivity contribution in [1.82, 2.24) is 0 Å². The van der Waals surface area contributed by atoms with Crippen LogP contribution in [0.25, 0.3) is 0 Å². The van der Waals surface area contributed by atoms with Gasteiger partial charge in [-0.3, -0.25) is 0 Å². The molecule has 4 heteroatoms. The van der Waals surface area contributed by atoms with Crippen molar-refractivity contribution in [2.24, 2.45) is 0 Å². The third-order valence-corrected chi connectivity index (χ3v) is 2.58. The number of benzene rings is 1. The number of aryl methyl sites for hydroxylation is 1. The molecule has 0 spiro atoms. The van der Waals surface area contributed by atoms with Crippen molar-refractivity contribution in [3.05, 3.63) is 35.1 Å². The normalized spacial score (nSPS) is 16.0. The summed E-state index contributed by atoms with van der Waals surface area (Å²) in [5.74, 6) is -0.472. The van der Waals surface area contributed by atoms with Gasteiger partial charge in [-0.2, -0.15) is 5.26 Å². The lowest BCUT2D eigenvalue weighted by Crippen LogP contribution is -2.24. The van der Waals surface area contributed by atoms with Gasteiger partial charge in [-0.05, 0) is 32.9 Å². The van der Waals surface area contributed by atoms with Crippen LogP contribution in [0.4, 0.5) is 4.39 Å². The van der Waals surface area contributed by atoms with Crippen molar-refractivity contribution in [1.29, 1.82) is 5.26 Å². The minimum Gasteiger partial charge on any atom is -0.391 e. The quantitative estimate of drug-likeness (QED) is 0.875. The molecule has 1 aromatic rings. The highest BCUT2D eigenvalue weighted by molar-refractivity contribution is 5.29. The van der Waals surface area contributed by atoms with E-state index < -0.39 is 24.1 Å². The van der Waals surface area contributed by atoms with Crippen LogP contribution in [0.15, 0.2) is 18.2 Å². The monoisotopic (exact) mass is 237 g/mol. The minimum absolute atomic E-state index is 0.208. The van der Waals surface area contributed by atoms with Crippen LogP contribution >= 0.6 is 0 Å². The lowest BCUT2D eigenvalue weighted by atomic mass is 10.1. The average Bonchev–Trinajstić information content (AvgIpc) is 2.29. The van der Waals surface area contributed by atoms with E-state index in [1.54, 1.807) is 26.0 Å². The molecule has 3 nitrogen and oxygen atoms in total. The first-order valence-corrected chi connectivity index (χ1v) is 5.45. The van der Waals surface area contributed by atoms with E-state index in [9.17, 15) is 9.50 Å². The van der Waals surface area contributed by atoms with Gasteiger partial charge in [0.2, 0.25) is 0 Å². The van der Waals surface area contributed by atoms with E-state index in [1.807, 2.05) is 13.0 Å². The van der Waals surface area contributed by atoms with Crippen LogP contribution in [0.5, 0.6) is 0 Å². The molecular weight excluding hydrogens is 221 g/mol. The molecule has 1 N–H and O–H groups in total. The molecule has 0 aliphatic rings. The molecule has 0 saturated carbocycles. The standard InChI is InChI=1S/C13H16FNO2/c1-8-4-5-12(14)11(6-8)13(7-15)17-10(3)9(2)16/h4-6,9-10,13,16H,1-3H3. The second-order valence-corrected chi connectivity index (χ2v) is 4.12. The van der Waals surface area contributed by atoms with Crippen molar-refractivity contribution >= 4 is 0 Å². The largest absolute Gasteiger partial charge is 0.391 e. The van der Waals surface area contributed by atoms with Crippen LogP contribution in [0.2, 0.25) is 0 Å². The second-order valence-electron chi connectivity index (χ2n) is 4.12. The Morgan fingerprint density at radius 3 is 2.59 bits per heavy atom. The fourth-order valence-electron chi connectivity index (χ4n) is 1.37. The Labute approximate surface area is 100 Å². The van der Waals surface area contributed by atoms with Gasteiger partial charge in [0.15, 0.2) is 6.10 Å². The van der Waals surface area contributed by atoms with Gasteiger partial charge in [0.05, 0.1) is 18.3 Å². The van der Waals surface area contributed by atoms with Crippen LogP contribution in [-0.4, -0.2) is 17.3 Å². The molecule has 0 amide bonds. The molecular formula is C13H16FNO2. The first-order valence-electron chi connectivity index (χ1n) is 5.45. The SMILES string of the molecule is Cc1ccc(F)c(C(C#N)OC(C)C(C)O)c1. The fourth-order valence-corrected chi connectivity index (χ4v) is 1.37. The molecule has 17 heavy (non-hydrogen) atoms. The zero-order valence-corrected chi connectivity index (χ0v) is 10.1. The number of aliphatic hydroxyl groups is 1. The lowest BCUT2D eigenvalue weighted by Gasteiger charge is -2.20. The van der Waals surface area contributed by atoms with Crippen molar-refractivity contribution < 1.29 is 14.2 Å². The first kappa shape index (κ1) is 13.6. The number of hydrogen-bond acceptors (Lipinski definition) is 3. The number of ether oxygens (including phenoxy) is 1. The summed E-state index contributed by atoms with van der Waals surface area (Å²) in [6, 6.07) is 6.42. The maximum Gasteiger partial charge on any atom is 0.172 e. The molecule has 0 saturated heterocycles. The maximum absolute atomic E-state index is 13.6. The van der Waals surface area contributed by atoms with Gasteiger partial charge in [0.25, 0.3) is 0 Å². The van der Waals surface area contributed by atoms with Crippen LogP contribution in [0.3, 0.4) is 0 Å². The Bertz CT molecular complexity index is 426. The number of hydrogen-bond donors (Lipinski definition) is 1. The van der Waals surface area contributed by atoms with Crippen molar-refractivity contribution in [2.45, 2.75) is 39.1 Å². The van der Waals surface area contributed by atoms with Crippen molar-refractivity contribution in [3.63, 3.8) is 0 Å². The number of aliphatic hydroxyl groups excluding tert-OH is 1. The Balaban J connectivity index is 2.95. The third-order valence-electron chi connectivity index (χ3n) is 2.58. The van der Waals surface area contributed by atoms with Gasteiger partial charge in [-0.1, -0.05) is 11.6 Å². The van der Waals surface area contributed by atoms with Gasteiger partial charge < -0.3 is 9.84 Å². The third kappa shape index (κ3) is 3.52. The predicted octanol–water partition coefficient (Wildman–Crippen LogP) is 2.48. The fraction of sp³-hybridized carbons (Fsp3) is 0.462.